The van der Waals surface area contributed by atoms with Crippen LogP contribution >= 0.6 is 23.4 Å². The Balaban J connectivity index is 1.09. The second-order valence-electron chi connectivity index (χ2n) is 10.0. The fourth-order valence-corrected chi connectivity index (χ4v) is 6.63. The third-order valence-electron chi connectivity index (χ3n) is 7.51. The maximum Gasteiger partial charge on any atom is 0.169 e. The first-order valence-electron chi connectivity index (χ1n) is 13.6. The summed E-state index contributed by atoms with van der Waals surface area (Å²) in [6.07, 6.45) is 0. The monoisotopic (exact) mass is 552 g/mol. The Kier molecular flexibility index (Phi) is 8.31. The van der Waals surface area contributed by atoms with Crippen LogP contribution in [0.3, 0.4) is 0 Å². The molecule has 1 saturated heterocycles. The number of aromatic nitrogens is 2. The predicted octanol–water partition coefficient (Wildman–Crippen LogP) is 7.24. The van der Waals surface area contributed by atoms with Crippen molar-refractivity contribution in [2.45, 2.75) is 17.7 Å². The van der Waals surface area contributed by atoms with Gasteiger partial charge in [0.25, 0.3) is 0 Å². The molecule has 0 bridgehead atoms. The maximum absolute atomic E-state index is 6.20. The lowest BCUT2D eigenvalue weighted by atomic mass is 9.96. The number of halogens is 1. The second kappa shape index (κ2) is 12.4. The molecule has 4 aromatic carbocycles. The molecule has 1 unspecified atom stereocenters. The van der Waals surface area contributed by atoms with Gasteiger partial charge >= 0.3 is 0 Å². The van der Waals surface area contributed by atoms with Crippen LogP contribution in [0.5, 0.6) is 0 Å². The largest absolute Gasteiger partial charge is 0.314 e. The molecule has 0 spiro atoms. The van der Waals surface area contributed by atoms with E-state index in [0.29, 0.717) is 0 Å². The average molecular weight is 553 g/mol. The first kappa shape index (κ1) is 26.1. The smallest absolute Gasteiger partial charge is 0.169 e. The van der Waals surface area contributed by atoms with Crippen molar-refractivity contribution in [2.24, 2.45) is 0 Å². The van der Waals surface area contributed by atoms with Gasteiger partial charge in [-0.05, 0) is 41.0 Å². The molecule has 198 valence electrons. The van der Waals surface area contributed by atoms with Crippen molar-refractivity contribution in [1.82, 2.24) is 19.4 Å². The van der Waals surface area contributed by atoms with Gasteiger partial charge in [0.05, 0.1) is 23.6 Å². The Labute approximate surface area is 240 Å². The molecule has 1 aliphatic heterocycles. The zero-order valence-corrected chi connectivity index (χ0v) is 23.6. The number of para-hydroxylation sites is 2. The topological polar surface area (TPSA) is 24.3 Å². The highest BCUT2D eigenvalue weighted by atomic mass is 35.5. The molecule has 6 heteroatoms. The molecule has 0 saturated carbocycles. The highest BCUT2D eigenvalue weighted by molar-refractivity contribution is 7.99. The SMILES string of the molecule is Clc1ccc(C(c2ccccc2)N2CCN(CCSc3nc4ccccc4n3Cc3ccccc3)CC2)cc1. The summed E-state index contributed by atoms with van der Waals surface area (Å²) in [4.78, 5) is 10.2. The van der Waals surface area contributed by atoms with Crippen LogP contribution in [-0.2, 0) is 6.54 Å². The molecule has 0 amide bonds. The molecule has 1 fully saturated rings. The van der Waals surface area contributed by atoms with Crippen LogP contribution in [0.25, 0.3) is 11.0 Å². The summed E-state index contributed by atoms with van der Waals surface area (Å²) >= 11 is 8.08. The number of fused-ring (bicyclic) bond motifs is 1. The summed E-state index contributed by atoms with van der Waals surface area (Å²) in [7, 11) is 0. The fourth-order valence-electron chi connectivity index (χ4n) is 5.49. The van der Waals surface area contributed by atoms with Crippen molar-refractivity contribution in [3.8, 4) is 0 Å². The van der Waals surface area contributed by atoms with Crippen molar-refractivity contribution < 1.29 is 0 Å². The lowest BCUT2D eigenvalue weighted by Crippen LogP contribution is -2.48. The van der Waals surface area contributed by atoms with E-state index in [4.69, 9.17) is 16.6 Å². The number of hydrogen-bond donors (Lipinski definition) is 0. The van der Waals surface area contributed by atoms with E-state index in [1.807, 2.05) is 23.9 Å². The number of benzene rings is 4. The Morgan fingerprint density at radius 3 is 2.10 bits per heavy atom. The molecular formula is C33H33ClN4S. The molecule has 0 N–H and O–H groups in total. The lowest BCUT2D eigenvalue weighted by molar-refractivity contribution is 0.114. The van der Waals surface area contributed by atoms with Gasteiger partial charge in [0.15, 0.2) is 5.16 Å². The van der Waals surface area contributed by atoms with E-state index in [1.54, 1.807) is 0 Å². The summed E-state index contributed by atoms with van der Waals surface area (Å²) in [5.74, 6) is 1.03. The van der Waals surface area contributed by atoms with Crippen molar-refractivity contribution in [1.29, 1.82) is 0 Å². The van der Waals surface area contributed by atoms with E-state index in [9.17, 15) is 0 Å². The van der Waals surface area contributed by atoms with Gasteiger partial charge in [-0.15, -0.1) is 0 Å². The van der Waals surface area contributed by atoms with Gasteiger partial charge in [-0.3, -0.25) is 9.80 Å². The standard InChI is InChI=1S/C33H33ClN4S/c34-29-17-15-28(16-18-29)32(27-11-5-2-6-12-27)37-21-19-36(20-22-37)23-24-39-33-35-30-13-7-8-14-31(30)38(33)25-26-9-3-1-4-10-26/h1-18,32H,19-25H2. The van der Waals surface area contributed by atoms with Gasteiger partial charge in [-0.25, -0.2) is 4.98 Å². The Hall–Kier alpha value is -3.09. The maximum atomic E-state index is 6.20. The Bertz CT molecular complexity index is 1480. The third-order valence-corrected chi connectivity index (χ3v) is 8.72. The normalized spacial score (nSPS) is 15.5. The van der Waals surface area contributed by atoms with E-state index >= 15 is 0 Å². The van der Waals surface area contributed by atoms with Crippen LogP contribution < -0.4 is 0 Å². The average Bonchev–Trinajstić information content (AvgIpc) is 3.33. The third kappa shape index (κ3) is 6.23. The van der Waals surface area contributed by atoms with E-state index in [0.717, 1.165) is 60.7 Å². The minimum absolute atomic E-state index is 0.248. The summed E-state index contributed by atoms with van der Waals surface area (Å²) in [6.45, 7) is 6.12. The van der Waals surface area contributed by atoms with Gasteiger partial charge in [-0.2, -0.15) is 0 Å². The molecule has 1 aliphatic rings. The summed E-state index contributed by atoms with van der Waals surface area (Å²) in [6, 6.07) is 38.6. The van der Waals surface area contributed by atoms with E-state index < -0.39 is 0 Å². The van der Waals surface area contributed by atoms with E-state index in [-0.39, 0.29) is 6.04 Å². The van der Waals surface area contributed by atoms with Crippen LogP contribution in [0, 0.1) is 0 Å². The molecule has 2 heterocycles. The molecule has 5 aromatic rings. The van der Waals surface area contributed by atoms with Gasteiger partial charge in [0, 0.05) is 43.5 Å². The first-order chi connectivity index (χ1) is 19.2. The number of imidazole rings is 1. The van der Waals surface area contributed by atoms with Gasteiger partial charge in [0.2, 0.25) is 0 Å². The number of nitrogens with zero attached hydrogens (tertiary/aromatic N) is 4. The second-order valence-corrected chi connectivity index (χ2v) is 11.5. The molecule has 6 rings (SSSR count). The zero-order chi connectivity index (χ0) is 26.4. The summed E-state index contributed by atoms with van der Waals surface area (Å²) < 4.78 is 2.36. The molecule has 39 heavy (non-hydrogen) atoms. The van der Waals surface area contributed by atoms with Crippen LogP contribution in [0.1, 0.15) is 22.7 Å². The molecule has 1 atom stereocenters. The molecule has 1 aromatic heterocycles. The van der Waals surface area contributed by atoms with Crippen LogP contribution in [-0.4, -0.2) is 57.8 Å². The number of rotatable bonds is 9. The summed E-state index contributed by atoms with van der Waals surface area (Å²) in [5.41, 5.74) is 6.20. The Morgan fingerprint density at radius 2 is 1.36 bits per heavy atom. The van der Waals surface area contributed by atoms with E-state index in [2.05, 4.69) is 111 Å². The van der Waals surface area contributed by atoms with Gasteiger partial charge < -0.3 is 4.57 Å². The van der Waals surface area contributed by atoms with Crippen molar-refractivity contribution in [2.75, 3.05) is 38.5 Å². The Morgan fingerprint density at radius 1 is 0.718 bits per heavy atom. The van der Waals surface area contributed by atoms with Crippen molar-refractivity contribution >= 4 is 34.4 Å². The number of piperazine rings is 1. The van der Waals surface area contributed by atoms with Crippen LogP contribution in [0.4, 0.5) is 0 Å². The van der Waals surface area contributed by atoms with Gasteiger partial charge in [0.1, 0.15) is 0 Å². The lowest BCUT2D eigenvalue weighted by Gasteiger charge is -2.39. The van der Waals surface area contributed by atoms with Crippen LogP contribution in [0.15, 0.2) is 114 Å². The number of hydrogen-bond acceptors (Lipinski definition) is 4. The predicted molar refractivity (Wildman–Crippen MR) is 164 cm³/mol. The van der Waals surface area contributed by atoms with Crippen LogP contribution in [0.2, 0.25) is 5.02 Å². The highest BCUT2D eigenvalue weighted by Crippen LogP contribution is 2.31. The molecule has 0 aliphatic carbocycles. The van der Waals surface area contributed by atoms with E-state index in [1.165, 1.54) is 22.2 Å². The quantitative estimate of drug-likeness (QED) is 0.180. The molecular weight excluding hydrogens is 520 g/mol. The first-order valence-corrected chi connectivity index (χ1v) is 15.0. The minimum atomic E-state index is 0.248. The minimum Gasteiger partial charge on any atom is -0.314 e. The van der Waals surface area contributed by atoms with Crippen molar-refractivity contribution in [3.63, 3.8) is 0 Å². The molecule has 0 radical (unpaired) electrons. The van der Waals surface area contributed by atoms with Crippen molar-refractivity contribution in [3.05, 3.63) is 131 Å². The summed E-state index contributed by atoms with van der Waals surface area (Å²) in [5, 5.41) is 1.88. The zero-order valence-electron chi connectivity index (χ0n) is 22.0. The van der Waals surface area contributed by atoms with Gasteiger partial charge in [-0.1, -0.05) is 108 Å². The highest BCUT2D eigenvalue weighted by Gasteiger charge is 2.26. The fraction of sp³-hybridized carbons (Fsp3) is 0.242. The number of thioether (sulfide) groups is 1. The molecule has 4 nitrogen and oxygen atoms in total.